The molecule has 0 aliphatic carbocycles. The van der Waals surface area contributed by atoms with Crippen molar-refractivity contribution in [2.75, 3.05) is 14.1 Å². The van der Waals surface area contributed by atoms with Gasteiger partial charge in [0.25, 0.3) is 0 Å². The molecule has 0 aliphatic heterocycles. The topological polar surface area (TPSA) is 59.2 Å². The molecule has 2 aromatic rings. The van der Waals surface area contributed by atoms with Crippen molar-refractivity contribution in [1.82, 2.24) is 15.2 Å². The molecule has 0 saturated carbocycles. The van der Waals surface area contributed by atoms with E-state index in [9.17, 15) is 4.79 Å². The number of rotatable bonds is 3. The van der Waals surface area contributed by atoms with Gasteiger partial charge in [0.15, 0.2) is 5.58 Å². The molecule has 16 heavy (non-hydrogen) atoms. The van der Waals surface area contributed by atoms with Crippen molar-refractivity contribution in [2.45, 2.75) is 6.17 Å². The molecule has 0 spiro atoms. The highest BCUT2D eigenvalue weighted by Gasteiger charge is 2.10. The van der Waals surface area contributed by atoms with Gasteiger partial charge in [-0.25, -0.2) is 4.79 Å². The predicted molar refractivity (Wildman–Crippen MR) is 62.3 cm³/mol. The van der Waals surface area contributed by atoms with Crippen LogP contribution in [0.4, 0.5) is 0 Å². The molecule has 0 amide bonds. The fourth-order valence-corrected chi connectivity index (χ4v) is 1.81. The number of aromatic nitrogens is 1. The summed E-state index contributed by atoms with van der Waals surface area (Å²) in [6.45, 7) is 0. The standard InChI is InChI=1S/C11H15N3O2/c1-12-10(13-2)7-4-5-8-9(6-7)16-11(15)14(8)3/h4-6,10,12-13H,1-3H3. The Morgan fingerprint density at radius 3 is 2.62 bits per heavy atom. The Labute approximate surface area is 93.1 Å². The van der Waals surface area contributed by atoms with E-state index in [1.54, 1.807) is 7.05 Å². The third kappa shape index (κ3) is 1.64. The Morgan fingerprint density at radius 1 is 1.31 bits per heavy atom. The van der Waals surface area contributed by atoms with Gasteiger partial charge in [-0.2, -0.15) is 0 Å². The van der Waals surface area contributed by atoms with Gasteiger partial charge in [0.1, 0.15) is 0 Å². The van der Waals surface area contributed by atoms with E-state index in [-0.39, 0.29) is 11.9 Å². The van der Waals surface area contributed by atoms with E-state index in [2.05, 4.69) is 10.6 Å². The van der Waals surface area contributed by atoms with E-state index in [1.165, 1.54) is 4.57 Å². The minimum atomic E-state index is -0.336. The van der Waals surface area contributed by atoms with E-state index in [0.29, 0.717) is 5.58 Å². The lowest BCUT2D eigenvalue weighted by molar-refractivity contribution is 0.513. The molecule has 2 rings (SSSR count). The fraction of sp³-hybridized carbons (Fsp3) is 0.364. The van der Waals surface area contributed by atoms with Crippen LogP contribution in [0, 0.1) is 0 Å². The second-order valence-electron chi connectivity index (χ2n) is 3.66. The molecule has 2 N–H and O–H groups in total. The van der Waals surface area contributed by atoms with E-state index < -0.39 is 0 Å². The van der Waals surface area contributed by atoms with Crippen molar-refractivity contribution < 1.29 is 4.42 Å². The average molecular weight is 221 g/mol. The van der Waals surface area contributed by atoms with E-state index in [0.717, 1.165) is 11.1 Å². The Morgan fingerprint density at radius 2 is 2.00 bits per heavy atom. The van der Waals surface area contributed by atoms with Gasteiger partial charge < -0.3 is 15.1 Å². The van der Waals surface area contributed by atoms with Crippen LogP contribution in [0.2, 0.25) is 0 Å². The molecule has 1 aromatic carbocycles. The lowest BCUT2D eigenvalue weighted by Gasteiger charge is -2.14. The zero-order valence-electron chi connectivity index (χ0n) is 9.57. The summed E-state index contributed by atoms with van der Waals surface area (Å²) in [4.78, 5) is 11.3. The molecule has 0 fully saturated rings. The zero-order valence-corrected chi connectivity index (χ0v) is 9.57. The van der Waals surface area contributed by atoms with E-state index in [1.807, 2.05) is 32.3 Å². The summed E-state index contributed by atoms with van der Waals surface area (Å²) in [5, 5.41) is 6.23. The second kappa shape index (κ2) is 4.11. The first-order valence-electron chi connectivity index (χ1n) is 5.11. The molecule has 0 unspecified atom stereocenters. The van der Waals surface area contributed by atoms with E-state index in [4.69, 9.17) is 4.42 Å². The van der Waals surface area contributed by atoms with Crippen LogP contribution in [-0.4, -0.2) is 18.7 Å². The first-order chi connectivity index (χ1) is 7.67. The molecule has 86 valence electrons. The normalized spacial score (nSPS) is 11.5. The SMILES string of the molecule is CNC(NC)c1ccc2c(c1)oc(=O)n2C. The van der Waals surface area contributed by atoms with Crippen molar-refractivity contribution in [3.8, 4) is 0 Å². The van der Waals surface area contributed by atoms with Crippen LogP contribution in [0.15, 0.2) is 27.4 Å². The van der Waals surface area contributed by atoms with Crippen molar-refractivity contribution in [1.29, 1.82) is 0 Å². The fourth-order valence-electron chi connectivity index (χ4n) is 1.81. The maximum Gasteiger partial charge on any atom is 0.419 e. The number of benzene rings is 1. The molecule has 0 saturated heterocycles. The molecular weight excluding hydrogens is 206 g/mol. The average Bonchev–Trinajstić information content (AvgIpc) is 2.56. The Balaban J connectivity index is 2.56. The largest absolute Gasteiger partial charge is 0.419 e. The van der Waals surface area contributed by atoms with Crippen molar-refractivity contribution in [3.63, 3.8) is 0 Å². The highest BCUT2D eigenvalue weighted by atomic mass is 16.4. The summed E-state index contributed by atoms with van der Waals surface area (Å²) in [6.07, 6.45) is 0.0508. The smallest absolute Gasteiger partial charge is 0.408 e. The first kappa shape index (κ1) is 10.9. The van der Waals surface area contributed by atoms with Crippen molar-refractivity contribution in [3.05, 3.63) is 34.3 Å². The van der Waals surface area contributed by atoms with Crippen molar-refractivity contribution >= 4 is 11.1 Å². The maximum atomic E-state index is 11.3. The molecule has 0 radical (unpaired) electrons. The zero-order chi connectivity index (χ0) is 11.7. The molecular formula is C11H15N3O2. The van der Waals surface area contributed by atoms with Gasteiger partial charge in [0.05, 0.1) is 11.7 Å². The van der Waals surface area contributed by atoms with Gasteiger partial charge in [-0.3, -0.25) is 4.57 Å². The number of nitrogens with one attached hydrogen (secondary N) is 2. The minimum Gasteiger partial charge on any atom is -0.408 e. The Kier molecular flexibility index (Phi) is 2.80. The summed E-state index contributed by atoms with van der Waals surface area (Å²) in [5.41, 5.74) is 2.45. The van der Waals surface area contributed by atoms with Crippen LogP contribution >= 0.6 is 0 Å². The predicted octanol–water partition coefficient (Wildman–Crippen LogP) is 0.569. The monoisotopic (exact) mass is 221 g/mol. The Hall–Kier alpha value is -1.59. The number of hydrogen-bond acceptors (Lipinski definition) is 4. The Bertz CT molecular complexity index is 552. The summed E-state index contributed by atoms with van der Waals surface area (Å²) >= 11 is 0. The van der Waals surface area contributed by atoms with Gasteiger partial charge >= 0.3 is 5.76 Å². The second-order valence-corrected chi connectivity index (χ2v) is 3.66. The summed E-state index contributed by atoms with van der Waals surface area (Å²) in [7, 11) is 5.43. The highest BCUT2D eigenvalue weighted by molar-refractivity contribution is 5.73. The third-order valence-electron chi connectivity index (χ3n) is 2.73. The van der Waals surface area contributed by atoms with Gasteiger partial charge in [-0.15, -0.1) is 0 Å². The molecule has 1 aromatic heterocycles. The van der Waals surface area contributed by atoms with Crippen LogP contribution in [-0.2, 0) is 7.05 Å². The van der Waals surface area contributed by atoms with Gasteiger partial charge in [0, 0.05) is 7.05 Å². The molecule has 0 aliphatic rings. The molecule has 0 atom stereocenters. The lowest BCUT2D eigenvalue weighted by atomic mass is 10.1. The number of fused-ring (bicyclic) bond motifs is 1. The molecule has 1 heterocycles. The van der Waals surface area contributed by atoms with E-state index >= 15 is 0 Å². The highest BCUT2D eigenvalue weighted by Crippen LogP contribution is 2.17. The van der Waals surface area contributed by atoms with Gasteiger partial charge in [0.2, 0.25) is 0 Å². The third-order valence-corrected chi connectivity index (χ3v) is 2.73. The maximum absolute atomic E-state index is 11.3. The number of nitrogens with zero attached hydrogens (tertiary/aromatic N) is 1. The number of oxazole rings is 1. The van der Waals surface area contributed by atoms with Gasteiger partial charge in [-0.05, 0) is 31.8 Å². The minimum absolute atomic E-state index is 0.0508. The molecule has 5 nitrogen and oxygen atoms in total. The quantitative estimate of drug-likeness (QED) is 0.744. The van der Waals surface area contributed by atoms with Crippen LogP contribution in [0.5, 0.6) is 0 Å². The molecule has 5 heteroatoms. The van der Waals surface area contributed by atoms with Crippen LogP contribution < -0.4 is 16.4 Å². The summed E-state index contributed by atoms with van der Waals surface area (Å²) < 4.78 is 6.62. The summed E-state index contributed by atoms with van der Waals surface area (Å²) in [5.74, 6) is -0.336. The van der Waals surface area contributed by atoms with Crippen LogP contribution in [0.3, 0.4) is 0 Å². The van der Waals surface area contributed by atoms with Gasteiger partial charge in [-0.1, -0.05) is 6.07 Å². The molecule has 0 bridgehead atoms. The number of hydrogen-bond donors (Lipinski definition) is 2. The van der Waals surface area contributed by atoms with Crippen LogP contribution in [0.25, 0.3) is 11.1 Å². The van der Waals surface area contributed by atoms with Crippen LogP contribution in [0.1, 0.15) is 11.7 Å². The lowest BCUT2D eigenvalue weighted by Crippen LogP contribution is -2.28. The summed E-state index contributed by atoms with van der Waals surface area (Å²) in [6, 6.07) is 5.72. The number of aryl methyl sites for hydroxylation is 1. The first-order valence-corrected chi connectivity index (χ1v) is 5.11. The van der Waals surface area contributed by atoms with Crippen molar-refractivity contribution in [2.24, 2.45) is 7.05 Å².